The van der Waals surface area contributed by atoms with Crippen molar-refractivity contribution < 1.29 is 4.79 Å². The first-order chi connectivity index (χ1) is 13.3. The van der Waals surface area contributed by atoms with E-state index in [1.54, 1.807) is 10.9 Å². The summed E-state index contributed by atoms with van der Waals surface area (Å²) in [5, 5.41) is 14.7. The molecule has 0 bridgehead atoms. The molecule has 1 fully saturated rings. The third-order valence-electron chi connectivity index (χ3n) is 5.76. The Kier molecular flexibility index (Phi) is 5.82. The van der Waals surface area contributed by atoms with Gasteiger partial charge in [0.2, 0.25) is 0 Å². The zero-order valence-electron chi connectivity index (χ0n) is 15.9. The van der Waals surface area contributed by atoms with E-state index in [4.69, 9.17) is 0 Å². The minimum atomic E-state index is -0.158. The van der Waals surface area contributed by atoms with Gasteiger partial charge in [0.15, 0.2) is 5.69 Å². The van der Waals surface area contributed by atoms with Crippen LogP contribution < -0.4 is 10.6 Å². The number of hydrogen-bond acceptors (Lipinski definition) is 4. The van der Waals surface area contributed by atoms with Crippen molar-refractivity contribution in [2.75, 3.05) is 6.54 Å². The fraction of sp³-hybridized carbons (Fsp3) is 0.571. The number of nitrogens with one attached hydrogen (secondary N) is 2. The van der Waals surface area contributed by atoms with Gasteiger partial charge in [-0.1, -0.05) is 29.8 Å². The molecule has 2 N–H and O–H groups in total. The summed E-state index contributed by atoms with van der Waals surface area (Å²) in [6, 6.07) is 7.14. The van der Waals surface area contributed by atoms with Crippen molar-refractivity contribution in [3.63, 3.8) is 0 Å². The van der Waals surface area contributed by atoms with Gasteiger partial charge in [-0.05, 0) is 68.2 Å². The Balaban J connectivity index is 1.27. The largest absolute Gasteiger partial charge is 0.347 e. The summed E-state index contributed by atoms with van der Waals surface area (Å²) < 4.78 is 1.78. The van der Waals surface area contributed by atoms with Crippen molar-refractivity contribution in [2.24, 2.45) is 0 Å². The molecule has 0 saturated carbocycles. The van der Waals surface area contributed by atoms with Crippen molar-refractivity contribution in [2.45, 2.75) is 70.5 Å². The van der Waals surface area contributed by atoms with E-state index in [1.807, 2.05) is 0 Å². The van der Waals surface area contributed by atoms with E-state index >= 15 is 0 Å². The molecule has 4 rings (SSSR count). The Morgan fingerprint density at radius 2 is 2.07 bits per heavy atom. The predicted molar refractivity (Wildman–Crippen MR) is 105 cm³/mol. The minimum Gasteiger partial charge on any atom is -0.347 e. The van der Waals surface area contributed by atoms with Crippen molar-refractivity contribution in [1.82, 2.24) is 25.6 Å². The molecule has 1 amide bonds. The maximum Gasteiger partial charge on any atom is 0.273 e. The van der Waals surface area contributed by atoms with Crippen LogP contribution in [-0.2, 0) is 25.9 Å². The van der Waals surface area contributed by atoms with Gasteiger partial charge in [0.25, 0.3) is 5.91 Å². The van der Waals surface area contributed by atoms with E-state index in [0.717, 1.165) is 31.5 Å². The molecule has 1 aliphatic carbocycles. The average molecular weight is 367 g/mol. The normalized spacial score (nSPS) is 19.5. The van der Waals surface area contributed by atoms with Crippen molar-refractivity contribution >= 4 is 5.91 Å². The van der Waals surface area contributed by atoms with Gasteiger partial charge in [-0.15, -0.1) is 5.10 Å². The van der Waals surface area contributed by atoms with Crippen LogP contribution in [0.3, 0.4) is 0 Å². The summed E-state index contributed by atoms with van der Waals surface area (Å²) in [6.07, 6.45) is 11.5. The average Bonchev–Trinajstić information content (AvgIpc) is 3.20. The molecule has 1 aliphatic heterocycles. The molecule has 0 radical (unpaired) electrons. The molecule has 0 spiro atoms. The van der Waals surface area contributed by atoms with Gasteiger partial charge in [0.05, 0.1) is 6.20 Å². The number of amides is 1. The second kappa shape index (κ2) is 8.65. The molecule has 2 aromatic rings. The molecule has 1 aromatic heterocycles. The Bertz CT molecular complexity index is 779. The summed E-state index contributed by atoms with van der Waals surface area (Å²) in [5.41, 5.74) is 4.45. The van der Waals surface area contributed by atoms with Crippen molar-refractivity contribution in [3.8, 4) is 0 Å². The van der Waals surface area contributed by atoms with Gasteiger partial charge in [-0.25, -0.2) is 0 Å². The van der Waals surface area contributed by atoms with E-state index in [0.29, 0.717) is 18.3 Å². The number of hydrogen-bond donors (Lipinski definition) is 2. The SMILES string of the molecule is O=C(NCc1ccc2c(c1)CCCC2)c1cn(CCC2CCCCN2)nn1. The number of carbonyl (C=O) groups is 1. The number of aryl methyl sites for hydroxylation is 3. The molecule has 1 aromatic carbocycles. The van der Waals surface area contributed by atoms with Crippen LogP contribution in [-0.4, -0.2) is 33.5 Å². The Hall–Kier alpha value is -2.21. The highest BCUT2D eigenvalue weighted by Gasteiger charge is 2.15. The smallest absolute Gasteiger partial charge is 0.273 e. The maximum absolute atomic E-state index is 12.4. The predicted octanol–water partition coefficient (Wildman–Crippen LogP) is 2.62. The summed E-state index contributed by atoms with van der Waals surface area (Å²) in [5.74, 6) is -0.158. The highest BCUT2D eigenvalue weighted by atomic mass is 16.2. The zero-order chi connectivity index (χ0) is 18.5. The first-order valence-electron chi connectivity index (χ1n) is 10.3. The molecule has 27 heavy (non-hydrogen) atoms. The molecular weight excluding hydrogens is 338 g/mol. The molecule has 1 saturated heterocycles. The van der Waals surface area contributed by atoms with Crippen LogP contribution in [0.4, 0.5) is 0 Å². The molecule has 2 heterocycles. The standard InChI is InChI=1S/C21H29N5O/c27-21(23-14-16-8-9-17-5-1-2-6-18(17)13-16)20-15-26(25-24-20)12-10-19-7-3-4-11-22-19/h8-9,13,15,19,22H,1-7,10-12,14H2,(H,23,27). The summed E-state index contributed by atoms with van der Waals surface area (Å²) >= 11 is 0. The van der Waals surface area contributed by atoms with E-state index in [9.17, 15) is 4.79 Å². The number of fused-ring (bicyclic) bond motifs is 1. The lowest BCUT2D eigenvalue weighted by Gasteiger charge is -2.23. The van der Waals surface area contributed by atoms with E-state index in [2.05, 4.69) is 39.1 Å². The Labute approximate surface area is 160 Å². The van der Waals surface area contributed by atoms with Crippen LogP contribution in [0, 0.1) is 0 Å². The first-order valence-corrected chi connectivity index (χ1v) is 10.3. The fourth-order valence-corrected chi connectivity index (χ4v) is 4.14. The van der Waals surface area contributed by atoms with Crippen molar-refractivity contribution in [3.05, 3.63) is 46.8 Å². The molecule has 1 atom stereocenters. The molecular formula is C21H29N5O. The lowest BCUT2D eigenvalue weighted by Crippen LogP contribution is -2.34. The van der Waals surface area contributed by atoms with E-state index in [-0.39, 0.29) is 5.91 Å². The number of carbonyl (C=O) groups excluding carboxylic acids is 1. The van der Waals surface area contributed by atoms with Gasteiger partial charge < -0.3 is 10.6 Å². The van der Waals surface area contributed by atoms with Gasteiger partial charge in [-0.2, -0.15) is 0 Å². The van der Waals surface area contributed by atoms with Gasteiger partial charge in [0, 0.05) is 19.1 Å². The summed E-state index contributed by atoms with van der Waals surface area (Å²) in [7, 11) is 0. The molecule has 6 heteroatoms. The van der Waals surface area contributed by atoms with Crippen LogP contribution in [0.15, 0.2) is 24.4 Å². The second-order valence-corrected chi connectivity index (χ2v) is 7.80. The zero-order valence-corrected chi connectivity index (χ0v) is 15.9. The number of benzene rings is 1. The topological polar surface area (TPSA) is 71.8 Å². The quantitative estimate of drug-likeness (QED) is 0.823. The van der Waals surface area contributed by atoms with Crippen molar-refractivity contribution in [1.29, 1.82) is 0 Å². The third kappa shape index (κ3) is 4.75. The first kappa shape index (κ1) is 18.2. The van der Waals surface area contributed by atoms with E-state index in [1.165, 1.54) is 49.7 Å². The Morgan fingerprint density at radius 1 is 1.19 bits per heavy atom. The number of rotatable bonds is 6. The molecule has 2 aliphatic rings. The maximum atomic E-state index is 12.4. The fourth-order valence-electron chi connectivity index (χ4n) is 4.14. The molecule has 1 unspecified atom stereocenters. The van der Waals surface area contributed by atoms with Crippen LogP contribution in [0.25, 0.3) is 0 Å². The lowest BCUT2D eigenvalue weighted by atomic mass is 9.90. The third-order valence-corrected chi connectivity index (χ3v) is 5.76. The van der Waals surface area contributed by atoms with Crippen LogP contribution in [0.2, 0.25) is 0 Å². The second-order valence-electron chi connectivity index (χ2n) is 7.80. The molecule has 6 nitrogen and oxygen atoms in total. The van der Waals surface area contributed by atoms with Crippen LogP contribution in [0.1, 0.15) is 65.7 Å². The minimum absolute atomic E-state index is 0.158. The Morgan fingerprint density at radius 3 is 2.93 bits per heavy atom. The van der Waals surface area contributed by atoms with Gasteiger partial charge in [0.1, 0.15) is 0 Å². The van der Waals surface area contributed by atoms with E-state index < -0.39 is 0 Å². The van der Waals surface area contributed by atoms with Gasteiger partial charge >= 0.3 is 0 Å². The van der Waals surface area contributed by atoms with Crippen LogP contribution in [0.5, 0.6) is 0 Å². The number of piperidine rings is 1. The number of nitrogens with zero attached hydrogens (tertiary/aromatic N) is 3. The monoisotopic (exact) mass is 367 g/mol. The molecule has 144 valence electrons. The highest BCUT2D eigenvalue weighted by molar-refractivity contribution is 5.91. The van der Waals surface area contributed by atoms with Crippen LogP contribution >= 0.6 is 0 Å². The summed E-state index contributed by atoms with van der Waals surface area (Å²) in [6.45, 7) is 2.44. The summed E-state index contributed by atoms with van der Waals surface area (Å²) in [4.78, 5) is 12.4. The highest BCUT2D eigenvalue weighted by Crippen LogP contribution is 2.22. The number of aromatic nitrogens is 3. The van der Waals surface area contributed by atoms with Gasteiger partial charge in [-0.3, -0.25) is 9.48 Å². The lowest BCUT2D eigenvalue weighted by molar-refractivity contribution is 0.0946.